The van der Waals surface area contributed by atoms with Crippen LogP contribution in [0.15, 0.2) is 29.4 Å². The van der Waals surface area contributed by atoms with Gasteiger partial charge in [-0.25, -0.2) is 0 Å². The molecule has 0 saturated carbocycles. The molecule has 1 aromatic carbocycles. The molecule has 4 nitrogen and oxygen atoms in total. The molecule has 0 aromatic heterocycles. The Labute approximate surface area is 102 Å². The van der Waals surface area contributed by atoms with Crippen molar-refractivity contribution in [2.45, 2.75) is 12.7 Å². The second-order valence-corrected chi connectivity index (χ2v) is 3.93. The first-order chi connectivity index (χ1) is 8.33. The Hall–Kier alpha value is -1.76. The van der Waals surface area contributed by atoms with E-state index in [1.807, 2.05) is 0 Å². The van der Waals surface area contributed by atoms with Crippen LogP contribution in [0.4, 0.5) is 13.2 Å². The average Bonchev–Trinajstić information content (AvgIpc) is 2.26. The monoisotopic (exact) mass is 261 g/mol. The van der Waals surface area contributed by atoms with Gasteiger partial charge < -0.3 is 10.9 Å². The van der Waals surface area contributed by atoms with Gasteiger partial charge in [-0.15, -0.1) is 0 Å². The van der Waals surface area contributed by atoms with Crippen LogP contribution in [0.2, 0.25) is 0 Å². The molecule has 0 aliphatic rings. The third-order valence-electron chi connectivity index (χ3n) is 2.29. The van der Waals surface area contributed by atoms with Crippen molar-refractivity contribution in [2.75, 3.05) is 13.6 Å². The minimum Gasteiger partial charge on any atom is -0.409 e. The number of oxime groups is 1. The molecule has 0 fully saturated rings. The van der Waals surface area contributed by atoms with Gasteiger partial charge in [0.05, 0.1) is 6.54 Å². The molecule has 0 bridgehead atoms. The summed E-state index contributed by atoms with van der Waals surface area (Å²) in [6, 6.07) is 6.58. The minimum absolute atomic E-state index is 0.0614. The van der Waals surface area contributed by atoms with E-state index in [4.69, 9.17) is 10.9 Å². The molecule has 3 N–H and O–H groups in total. The van der Waals surface area contributed by atoms with Crippen molar-refractivity contribution in [1.29, 1.82) is 0 Å². The summed E-state index contributed by atoms with van der Waals surface area (Å²) >= 11 is 0. The number of rotatable bonds is 4. The summed E-state index contributed by atoms with van der Waals surface area (Å²) in [5, 5.41) is 11.5. The Kier molecular flexibility index (Phi) is 4.55. The fraction of sp³-hybridized carbons (Fsp3) is 0.364. The van der Waals surface area contributed by atoms with E-state index in [9.17, 15) is 13.2 Å². The molecule has 0 amide bonds. The number of halogens is 3. The van der Waals surface area contributed by atoms with Gasteiger partial charge in [-0.3, -0.25) is 4.90 Å². The number of hydrogen-bond donors (Lipinski definition) is 2. The number of alkyl halides is 3. The maximum absolute atomic E-state index is 12.2. The zero-order valence-corrected chi connectivity index (χ0v) is 9.78. The fourth-order valence-electron chi connectivity index (χ4n) is 1.61. The summed E-state index contributed by atoms with van der Waals surface area (Å²) < 4.78 is 36.6. The zero-order chi connectivity index (χ0) is 13.8. The molecule has 1 rings (SSSR count). The summed E-state index contributed by atoms with van der Waals surface area (Å²) in [7, 11) is 1.36. The van der Waals surface area contributed by atoms with Crippen LogP contribution in [-0.4, -0.2) is 35.7 Å². The number of benzene rings is 1. The molecule has 100 valence electrons. The van der Waals surface area contributed by atoms with Crippen LogP contribution in [-0.2, 0) is 6.54 Å². The molecule has 18 heavy (non-hydrogen) atoms. The first-order valence-corrected chi connectivity index (χ1v) is 5.14. The van der Waals surface area contributed by atoms with Crippen molar-refractivity contribution in [3.05, 3.63) is 35.4 Å². The molecule has 0 aliphatic carbocycles. The molecule has 0 atom stereocenters. The highest BCUT2D eigenvalue weighted by Gasteiger charge is 2.29. The van der Waals surface area contributed by atoms with Gasteiger partial charge in [0.25, 0.3) is 0 Å². The Bertz CT molecular complexity index is 432. The Morgan fingerprint density at radius 2 is 2.00 bits per heavy atom. The van der Waals surface area contributed by atoms with Crippen LogP contribution in [0.5, 0.6) is 0 Å². The van der Waals surface area contributed by atoms with E-state index < -0.39 is 12.7 Å². The lowest BCUT2D eigenvalue weighted by Gasteiger charge is -2.19. The molecular weight excluding hydrogens is 247 g/mol. The van der Waals surface area contributed by atoms with E-state index in [1.54, 1.807) is 24.3 Å². The maximum Gasteiger partial charge on any atom is 0.401 e. The van der Waals surface area contributed by atoms with Gasteiger partial charge in [0, 0.05) is 12.1 Å². The van der Waals surface area contributed by atoms with E-state index in [0.717, 1.165) is 4.90 Å². The quantitative estimate of drug-likeness (QED) is 0.376. The van der Waals surface area contributed by atoms with Gasteiger partial charge in [0.1, 0.15) is 0 Å². The van der Waals surface area contributed by atoms with Gasteiger partial charge >= 0.3 is 6.18 Å². The van der Waals surface area contributed by atoms with Gasteiger partial charge in [-0.1, -0.05) is 29.4 Å². The van der Waals surface area contributed by atoms with Crippen molar-refractivity contribution in [2.24, 2.45) is 10.9 Å². The number of nitrogens with zero attached hydrogens (tertiary/aromatic N) is 2. The lowest BCUT2D eigenvalue weighted by molar-refractivity contribution is -0.144. The van der Waals surface area contributed by atoms with Gasteiger partial charge in [-0.2, -0.15) is 13.2 Å². The van der Waals surface area contributed by atoms with Crippen molar-refractivity contribution in [3.63, 3.8) is 0 Å². The highest BCUT2D eigenvalue weighted by Crippen LogP contribution is 2.18. The fourth-order valence-corrected chi connectivity index (χ4v) is 1.61. The summed E-state index contributed by atoms with van der Waals surface area (Å²) in [5.41, 5.74) is 6.45. The standard InChI is InChI=1S/C11H14F3N3O/c1-17(7-11(12,13)14)6-8-4-2-3-5-9(8)10(15)16-18/h2-5,18H,6-7H2,1H3,(H2,15,16). The lowest BCUT2D eigenvalue weighted by atomic mass is 10.1. The predicted molar refractivity (Wildman–Crippen MR) is 61.3 cm³/mol. The largest absolute Gasteiger partial charge is 0.409 e. The van der Waals surface area contributed by atoms with Crippen molar-refractivity contribution < 1.29 is 18.4 Å². The highest BCUT2D eigenvalue weighted by atomic mass is 19.4. The minimum atomic E-state index is -4.25. The first-order valence-electron chi connectivity index (χ1n) is 5.14. The van der Waals surface area contributed by atoms with Gasteiger partial charge in [-0.05, 0) is 12.6 Å². The highest BCUT2D eigenvalue weighted by molar-refractivity contribution is 5.98. The van der Waals surface area contributed by atoms with Crippen LogP contribution < -0.4 is 5.73 Å². The van der Waals surface area contributed by atoms with E-state index >= 15 is 0 Å². The predicted octanol–water partition coefficient (Wildman–Crippen LogP) is 1.78. The van der Waals surface area contributed by atoms with E-state index in [-0.39, 0.29) is 12.4 Å². The average molecular weight is 261 g/mol. The third kappa shape index (κ3) is 4.25. The second-order valence-electron chi connectivity index (χ2n) is 3.93. The molecule has 0 spiro atoms. The van der Waals surface area contributed by atoms with Gasteiger partial charge in [0.15, 0.2) is 5.84 Å². The molecule has 1 aromatic rings. The number of hydrogen-bond acceptors (Lipinski definition) is 3. The zero-order valence-electron chi connectivity index (χ0n) is 9.78. The summed E-state index contributed by atoms with van der Waals surface area (Å²) in [5.74, 6) is -0.119. The van der Waals surface area contributed by atoms with E-state index in [1.165, 1.54) is 7.05 Å². The second kappa shape index (κ2) is 5.72. The molecule has 0 radical (unpaired) electrons. The topological polar surface area (TPSA) is 61.8 Å². The van der Waals surface area contributed by atoms with Crippen molar-refractivity contribution in [1.82, 2.24) is 4.90 Å². The third-order valence-corrected chi connectivity index (χ3v) is 2.29. The lowest BCUT2D eigenvalue weighted by Crippen LogP contribution is -2.31. The number of amidine groups is 1. The number of nitrogens with two attached hydrogens (primary N) is 1. The molecule has 0 saturated heterocycles. The van der Waals surface area contributed by atoms with E-state index in [0.29, 0.717) is 11.1 Å². The van der Waals surface area contributed by atoms with Crippen LogP contribution in [0, 0.1) is 0 Å². The Balaban J connectivity index is 2.85. The summed E-state index contributed by atoms with van der Waals surface area (Å²) in [4.78, 5) is 1.11. The maximum atomic E-state index is 12.2. The molecule has 0 unspecified atom stereocenters. The van der Waals surface area contributed by atoms with E-state index in [2.05, 4.69) is 5.16 Å². The Morgan fingerprint density at radius 1 is 1.39 bits per heavy atom. The molecule has 0 heterocycles. The summed E-state index contributed by atoms with van der Waals surface area (Å²) in [6.45, 7) is -0.955. The van der Waals surface area contributed by atoms with Crippen molar-refractivity contribution in [3.8, 4) is 0 Å². The molecular formula is C11H14F3N3O. The van der Waals surface area contributed by atoms with Crippen LogP contribution >= 0.6 is 0 Å². The smallest absolute Gasteiger partial charge is 0.401 e. The van der Waals surface area contributed by atoms with Crippen molar-refractivity contribution >= 4 is 5.84 Å². The van der Waals surface area contributed by atoms with Crippen LogP contribution in [0.1, 0.15) is 11.1 Å². The molecule has 7 heteroatoms. The SMILES string of the molecule is CN(Cc1ccccc1/C(N)=N/O)CC(F)(F)F. The Morgan fingerprint density at radius 3 is 2.56 bits per heavy atom. The van der Waals surface area contributed by atoms with Crippen LogP contribution in [0.3, 0.4) is 0 Å². The molecule has 0 aliphatic heterocycles. The summed E-state index contributed by atoms with van der Waals surface area (Å²) in [6.07, 6.45) is -4.25. The first kappa shape index (κ1) is 14.3. The normalized spacial score (nSPS) is 13.1. The van der Waals surface area contributed by atoms with Gasteiger partial charge in [0.2, 0.25) is 0 Å². The van der Waals surface area contributed by atoms with Crippen LogP contribution in [0.25, 0.3) is 0 Å².